The van der Waals surface area contributed by atoms with Gasteiger partial charge >= 0.3 is 6.03 Å². The van der Waals surface area contributed by atoms with Gasteiger partial charge in [0.15, 0.2) is 11.5 Å². The molecule has 3 rings (SSSR count). The number of anilines is 1. The molecule has 0 unspecified atom stereocenters. The molecule has 8 heteroatoms. The van der Waals surface area contributed by atoms with Gasteiger partial charge in [-0.3, -0.25) is 4.79 Å². The first-order chi connectivity index (χ1) is 12.9. The maximum Gasteiger partial charge on any atom is 0.333 e. The van der Waals surface area contributed by atoms with E-state index in [1.165, 1.54) is 0 Å². The van der Waals surface area contributed by atoms with Gasteiger partial charge in [-0.1, -0.05) is 17.7 Å². The summed E-state index contributed by atoms with van der Waals surface area (Å²) >= 11 is 8.10. The van der Waals surface area contributed by atoms with Crippen LogP contribution in [0.3, 0.4) is 0 Å². The zero-order chi connectivity index (χ0) is 19.6. The van der Waals surface area contributed by atoms with Crippen LogP contribution in [0.4, 0.5) is 10.5 Å². The third kappa shape index (κ3) is 4.03. The van der Waals surface area contributed by atoms with E-state index in [4.69, 9.17) is 21.1 Å². The molecule has 27 heavy (non-hydrogen) atoms. The Morgan fingerprint density at radius 2 is 2.04 bits per heavy atom. The molecule has 1 saturated heterocycles. The third-order valence-corrected chi connectivity index (χ3v) is 4.83. The molecule has 1 N–H and O–H groups in total. The minimum atomic E-state index is -0.526. The molecular formula is C19H16ClIN2O4. The number of carbonyl (C=O) groups is 2. The zero-order valence-electron chi connectivity index (χ0n) is 14.6. The minimum absolute atomic E-state index is 0.170. The smallest absolute Gasteiger partial charge is 0.333 e. The van der Waals surface area contributed by atoms with E-state index in [9.17, 15) is 9.59 Å². The van der Waals surface area contributed by atoms with Gasteiger partial charge in [0.2, 0.25) is 0 Å². The number of amides is 3. The molecule has 1 fully saturated rings. The Bertz CT molecular complexity index is 945. The molecule has 2 aromatic carbocycles. The predicted octanol–water partition coefficient (Wildman–Crippen LogP) is 4.45. The lowest BCUT2D eigenvalue weighted by atomic mass is 10.1. The van der Waals surface area contributed by atoms with Crippen molar-refractivity contribution in [2.24, 2.45) is 0 Å². The van der Waals surface area contributed by atoms with Gasteiger partial charge in [-0.2, -0.15) is 0 Å². The van der Waals surface area contributed by atoms with Crippen LogP contribution in [0.25, 0.3) is 6.08 Å². The Balaban J connectivity index is 1.96. The van der Waals surface area contributed by atoms with E-state index < -0.39 is 11.9 Å². The number of benzene rings is 2. The first-order valence-corrected chi connectivity index (χ1v) is 9.53. The molecule has 0 bridgehead atoms. The number of hydrogen-bond acceptors (Lipinski definition) is 4. The predicted molar refractivity (Wildman–Crippen MR) is 112 cm³/mol. The van der Waals surface area contributed by atoms with Crippen molar-refractivity contribution in [1.29, 1.82) is 0 Å². The molecule has 0 aliphatic carbocycles. The molecule has 1 heterocycles. The lowest BCUT2D eigenvalue weighted by molar-refractivity contribution is -0.113. The Kier molecular flexibility index (Phi) is 5.91. The molecule has 0 atom stereocenters. The summed E-state index contributed by atoms with van der Waals surface area (Å²) < 4.78 is 11.8. The minimum Gasteiger partial charge on any atom is -0.492 e. The maximum atomic E-state index is 12.7. The van der Waals surface area contributed by atoms with E-state index in [1.54, 1.807) is 43.5 Å². The maximum absolute atomic E-state index is 12.7. The number of nitrogens with one attached hydrogen (secondary N) is 1. The van der Waals surface area contributed by atoms with Crippen molar-refractivity contribution in [1.82, 2.24) is 5.32 Å². The second kappa shape index (κ2) is 8.18. The molecule has 6 nitrogen and oxygen atoms in total. The number of halogens is 2. The van der Waals surface area contributed by atoms with Gasteiger partial charge in [0, 0.05) is 5.02 Å². The average molecular weight is 499 g/mol. The van der Waals surface area contributed by atoms with Crippen LogP contribution in [0.5, 0.6) is 11.5 Å². The van der Waals surface area contributed by atoms with Crippen LogP contribution >= 0.6 is 34.2 Å². The molecule has 0 spiro atoms. The van der Waals surface area contributed by atoms with Crippen molar-refractivity contribution < 1.29 is 19.1 Å². The van der Waals surface area contributed by atoms with E-state index in [0.29, 0.717) is 34.4 Å². The molecule has 3 amide bonds. The lowest BCUT2D eigenvalue weighted by Crippen LogP contribution is -2.30. The highest BCUT2D eigenvalue weighted by atomic mass is 127. The number of ether oxygens (including phenoxy) is 2. The van der Waals surface area contributed by atoms with Crippen LogP contribution in [0.15, 0.2) is 42.1 Å². The van der Waals surface area contributed by atoms with Crippen LogP contribution < -0.4 is 19.7 Å². The average Bonchev–Trinajstić information content (AvgIpc) is 2.88. The Labute approximate surface area is 175 Å². The molecule has 140 valence electrons. The van der Waals surface area contributed by atoms with Crippen molar-refractivity contribution in [3.05, 3.63) is 56.3 Å². The van der Waals surface area contributed by atoms with E-state index in [1.807, 2.05) is 13.0 Å². The number of imide groups is 1. The Morgan fingerprint density at radius 1 is 1.26 bits per heavy atom. The SMILES string of the molecule is CCOc1cc(/C=C2/NC(=O)N(c3cccc(Cl)c3)C2=O)cc(I)c1OC. The molecule has 0 saturated carbocycles. The van der Waals surface area contributed by atoms with Crippen LogP contribution in [0, 0.1) is 3.57 Å². The van der Waals surface area contributed by atoms with E-state index >= 15 is 0 Å². The van der Waals surface area contributed by atoms with Gasteiger partial charge in [0.25, 0.3) is 5.91 Å². The van der Waals surface area contributed by atoms with Gasteiger partial charge in [0.1, 0.15) is 5.70 Å². The second-order valence-electron chi connectivity index (χ2n) is 5.58. The normalized spacial score (nSPS) is 15.3. The highest BCUT2D eigenvalue weighted by Gasteiger charge is 2.35. The fraction of sp³-hybridized carbons (Fsp3) is 0.158. The van der Waals surface area contributed by atoms with Crippen molar-refractivity contribution in [3.8, 4) is 11.5 Å². The van der Waals surface area contributed by atoms with Gasteiger partial charge in [-0.15, -0.1) is 0 Å². The first-order valence-electron chi connectivity index (χ1n) is 8.07. The van der Waals surface area contributed by atoms with Crippen LogP contribution in [0.2, 0.25) is 5.02 Å². The van der Waals surface area contributed by atoms with Crippen LogP contribution in [0.1, 0.15) is 12.5 Å². The fourth-order valence-corrected chi connectivity index (χ4v) is 3.71. The Morgan fingerprint density at radius 3 is 2.70 bits per heavy atom. The van der Waals surface area contributed by atoms with E-state index in [-0.39, 0.29) is 5.70 Å². The summed E-state index contributed by atoms with van der Waals surface area (Å²) in [5, 5.41) is 3.04. The molecule has 1 aliphatic heterocycles. The topological polar surface area (TPSA) is 67.9 Å². The molecule has 1 aliphatic rings. The van der Waals surface area contributed by atoms with Gasteiger partial charge in [-0.05, 0) is 71.5 Å². The number of rotatable bonds is 5. The molecular weight excluding hydrogens is 483 g/mol. The van der Waals surface area contributed by atoms with E-state index in [2.05, 4.69) is 27.9 Å². The van der Waals surface area contributed by atoms with Crippen LogP contribution in [-0.2, 0) is 4.79 Å². The molecule has 0 aromatic heterocycles. The highest BCUT2D eigenvalue weighted by molar-refractivity contribution is 14.1. The van der Waals surface area contributed by atoms with Crippen molar-refractivity contribution >= 4 is 57.9 Å². The standard InChI is InChI=1S/C19H16ClIN2O4/c1-3-27-16-9-11(7-14(21)17(16)26-2)8-15-18(24)23(19(25)22-15)13-6-4-5-12(20)10-13/h4-10H,3H2,1-2H3,(H,22,25)/b15-8+. The van der Waals surface area contributed by atoms with Gasteiger partial charge in [-0.25, -0.2) is 9.69 Å². The second-order valence-corrected chi connectivity index (χ2v) is 7.17. The van der Waals surface area contributed by atoms with Gasteiger partial charge < -0.3 is 14.8 Å². The van der Waals surface area contributed by atoms with Crippen molar-refractivity contribution in [3.63, 3.8) is 0 Å². The lowest BCUT2D eigenvalue weighted by Gasteiger charge is -2.12. The largest absolute Gasteiger partial charge is 0.492 e. The van der Waals surface area contributed by atoms with Crippen molar-refractivity contribution in [2.45, 2.75) is 6.92 Å². The number of carbonyl (C=O) groups excluding carboxylic acids is 2. The number of nitrogens with zero attached hydrogens (tertiary/aromatic N) is 1. The number of hydrogen-bond donors (Lipinski definition) is 1. The summed E-state index contributed by atoms with van der Waals surface area (Å²) in [5.41, 5.74) is 1.29. The summed E-state index contributed by atoms with van der Waals surface area (Å²) in [5.74, 6) is 0.746. The fourth-order valence-electron chi connectivity index (χ4n) is 2.68. The zero-order valence-corrected chi connectivity index (χ0v) is 17.5. The molecule has 2 aromatic rings. The first kappa shape index (κ1) is 19.5. The number of methoxy groups -OCH3 is 1. The summed E-state index contributed by atoms with van der Waals surface area (Å²) in [6, 6.07) is 9.65. The Hall–Kier alpha value is -2.26. The quantitative estimate of drug-likeness (QED) is 0.376. The summed E-state index contributed by atoms with van der Waals surface area (Å²) in [4.78, 5) is 26.1. The number of urea groups is 1. The third-order valence-electron chi connectivity index (χ3n) is 3.79. The van der Waals surface area contributed by atoms with Crippen molar-refractivity contribution in [2.75, 3.05) is 18.6 Å². The van der Waals surface area contributed by atoms with Crippen LogP contribution in [-0.4, -0.2) is 25.7 Å². The monoisotopic (exact) mass is 498 g/mol. The summed E-state index contributed by atoms with van der Waals surface area (Å²) in [7, 11) is 1.57. The summed E-state index contributed by atoms with van der Waals surface area (Å²) in [6.07, 6.45) is 1.61. The molecule has 0 radical (unpaired) electrons. The van der Waals surface area contributed by atoms with Gasteiger partial charge in [0.05, 0.1) is 23.0 Å². The summed E-state index contributed by atoms with van der Waals surface area (Å²) in [6.45, 7) is 2.35. The highest BCUT2D eigenvalue weighted by Crippen LogP contribution is 2.35. The van der Waals surface area contributed by atoms with E-state index in [0.717, 1.165) is 8.47 Å².